The lowest BCUT2D eigenvalue weighted by Gasteiger charge is -2.15. The number of rotatable bonds is 6. The number of carboxylic acids is 1. The molecule has 0 heterocycles. The third-order valence-electron chi connectivity index (χ3n) is 3.35. The third kappa shape index (κ3) is 3.65. The maximum absolute atomic E-state index is 12.3. The molecular formula is C12H13Cl2NO4S2. The van der Waals surface area contributed by atoms with E-state index >= 15 is 0 Å². The van der Waals surface area contributed by atoms with Gasteiger partial charge in [-0.25, -0.2) is 17.9 Å². The molecule has 9 heteroatoms. The standard InChI is InChI=1S/C12H13Cl2NO4S2/c1-20-12(2-3-12)6-15-21(18,19)9-5-7(13)4-8(10(9)14)11(16)17/h4-5,15H,2-3,6H2,1H3,(H,16,17). The number of thioether (sulfide) groups is 1. The van der Waals surface area contributed by atoms with Crippen LogP contribution in [0.1, 0.15) is 23.2 Å². The van der Waals surface area contributed by atoms with Crippen molar-refractivity contribution < 1.29 is 18.3 Å². The molecule has 0 saturated heterocycles. The molecule has 0 atom stereocenters. The van der Waals surface area contributed by atoms with E-state index in [-0.39, 0.29) is 31.8 Å². The van der Waals surface area contributed by atoms with E-state index in [2.05, 4.69) is 4.72 Å². The number of nitrogens with one attached hydrogen (secondary N) is 1. The molecule has 0 amide bonds. The number of hydrogen-bond donors (Lipinski definition) is 2. The van der Waals surface area contributed by atoms with E-state index in [0.29, 0.717) is 0 Å². The SMILES string of the molecule is CSC1(CNS(=O)(=O)c2cc(Cl)cc(C(=O)O)c2Cl)CC1. The Morgan fingerprint density at radius 1 is 1.43 bits per heavy atom. The Morgan fingerprint density at radius 3 is 2.52 bits per heavy atom. The Morgan fingerprint density at radius 2 is 2.05 bits per heavy atom. The van der Waals surface area contributed by atoms with Crippen molar-refractivity contribution in [1.82, 2.24) is 4.72 Å². The molecule has 0 bridgehead atoms. The van der Waals surface area contributed by atoms with Crippen LogP contribution < -0.4 is 4.72 Å². The average molecular weight is 370 g/mol. The first kappa shape index (κ1) is 16.9. The van der Waals surface area contributed by atoms with E-state index in [1.807, 2.05) is 6.26 Å². The second-order valence-electron chi connectivity index (χ2n) is 4.78. The van der Waals surface area contributed by atoms with Crippen LogP contribution in [0.4, 0.5) is 0 Å². The van der Waals surface area contributed by atoms with Gasteiger partial charge in [-0.2, -0.15) is 11.8 Å². The van der Waals surface area contributed by atoms with Gasteiger partial charge in [0.15, 0.2) is 0 Å². The molecular weight excluding hydrogens is 357 g/mol. The number of sulfonamides is 1. The van der Waals surface area contributed by atoms with Crippen molar-refractivity contribution in [2.24, 2.45) is 0 Å². The molecule has 1 aromatic carbocycles. The van der Waals surface area contributed by atoms with E-state index < -0.39 is 16.0 Å². The molecule has 2 rings (SSSR count). The highest BCUT2D eigenvalue weighted by Gasteiger charge is 2.42. The van der Waals surface area contributed by atoms with Crippen LogP contribution in [0.2, 0.25) is 10.0 Å². The van der Waals surface area contributed by atoms with Crippen molar-refractivity contribution in [2.75, 3.05) is 12.8 Å². The summed E-state index contributed by atoms with van der Waals surface area (Å²) in [5.74, 6) is -1.33. The van der Waals surface area contributed by atoms with Crippen molar-refractivity contribution in [3.05, 3.63) is 27.7 Å². The molecule has 0 aliphatic heterocycles. The van der Waals surface area contributed by atoms with Crippen molar-refractivity contribution in [2.45, 2.75) is 22.5 Å². The van der Waals surface area contributed by atoms with Gasteiger partial charge in [-0.3, -0.25) is 0 Å². The summed E-state index contributed by atoms with van der Waals surface area (Å²) in [4.78, 5) is 10.8. The predicted octanol–water partition coefficient (Wildman–Crippen LogP) is 2.87. The van der Waals surface area contributed by atoms with Crippen LogP contribution in [0.15, 0.2) is 17.0 Å². The second kappa shape index (κ2) is 5.96. The van der Waals surface area contributed by atoms with Crippen molar-refractivity contribution in [1.29, 1.82) is 0 Å². The average Bonchev–Trinajstić information content (AvgIpc) is 3.19. The van der Waals surface area contributed by atoms with Gasteiger partial charge in [0.05, 0.1) is 10.6 Å². The number of carbonyl (C=O) groups is 1. The van der Waals surface area contributed by atoms with E-state index in [0.717, 1.165) is 25.0 Å². The summed E-state index contributed by atoms with van der Waals surface area (Å²) in [6.07, 6.45) is 3.82. The highest BCUT2D eigenvalue weighted by atomic mass is 35.5. The fraction of sp³-hybridized carbons (Fsp3) is 0.417. The zero-order valence-corrected chi connectivity index (χ0v) is 14.2. The Bertz CT molecular complexity index is 687. The third-order valence-corrected chi connectivity index (χ3v) is 6.93. The van der Waals surface area contributed by atoms with Crippen LogP contribution in [-0.4, -0.2) is 37.0 Å². The van der Waals surface area contributed by atoms with Gasteiger partial charge in [0.25, 0.3) is 0 Å². The summed E-state index contributed by atoms with van der Waals surface area (Å²) in [6, 6.07) is 2.27. The van der Waals surface area contributed by atoms with E-state index in [9.17, 15) is 13.2 Å². The summed E-state index contributed by atoms with van der Waals surface area (Å²) in [5, 5.41) is 8.69. The minimum atomic E-state index is -3.92. The van der Waals surface area contributed by atoms with Crippen LogP contribution in [0, 0.1) is 0 Å². The second-order valence-corrected chi connectivity index (χ2v) is 8.61. The summed E-state index contributed by atoms with van der Waals surface area (Å²) in [6.45, 7) is 0.280. The fourth-order valence-corrected chi connectivity index (χ4v) is 4.66. The quantitative estimate of drug-likeness (QED) is 0.805. The van der Waals surface area contributed by atoms with Gasteiger partial charge < -0.3 is 5.11 Å². The first-order valence-corrected chi connectivity index (χ1v) is 9.44. The maximum atomic E-state index is 12.3. The first-order valence-electron chi connectivity index (χ1n) is 5.98. The lowest BCUT2D eigenvalue weighted by Crippen LogP contribution is -2.32. The van der Waals surface area contributed by atoms with E-state index in [1.165, 1.54) is 0 Å². The fourth-order valence-electron chi connectivity index (χ4n) is 1.81. The topological polar surface area (TPSA) is 83.5 Å². The summed E-state index contributed by atoms with van der Waals surface area (Å²) in [5.41, 5.74) is -0.337. The Balaban J connectivity index is 2.33. The number of carboxylic acid groups (broad SMARTS) is 1. The maximum Gasteiger partial charge on any atom is 0.337 e. The zero-order valence-electron chi connectivity index (χ0n) is 11.0. The van der Waals surface area contributed by atoms with Gasteiger partial charge in [-0.15, -0.1) is 0 Å². The molecule has 1 saturated carbocycles. The largest absolute Gasteiger partial charge is 0.478 e. The summed E-state index contributed by atoms with van der Waals surface area (Å²) in [7, 11) is -3.92. The van der Waals surface area contributed by atoms with Gasteiger partial charge in [-0.05, 0) is 31.2 Å². The zero-order chi connectivity index (χ0) is 15.8. The number of benzene rings is 1. The number of hydrogen-bond acceptors (Lipinski definition) is 4. The molecule has 0 spiro atoms. The van der Waals surface area contributed by atoms with Gasteiger partial charge in [-0.1, -0.05) is 23.2 Å². The molecule has 0 unspecified atom stereocenters. The highest BCUT2D eigenvalue weighted by molar-refractivity contribution is 8.00. The van der Waals surface area contributed by atoms with Crippen LogP contribution in [0.5, 0.6) is 0 Å². The summed E-state index contributed by atoms with van der Waals surface area (Å²) < 4.78 is 27.0. The van der Waals surface area contributed by atoms with Crippen molar-refractivity contribution in [3.8, 4) is 0 Å². The lowest BCUT2D eigenvalue weighted by atomic mass is 10.2. The molecule has 1 aromatic rings. The molecule has 21 heavy (non-hydrogen) atoms. The predicted molar refractivity (Wildman–Crippen MR) is 84.1 cm³/mol. The van der Waals surface area contributed by atoms with E-state index in [1.54, 1.807) is 11.8 Å². The van der Waals surface area contributed by atoms with Crippen LogP contribution in [0.25, 0.3) is 0 Å². The Labute approximate surface area is 137 Å². The van der Waals surface area contributed by atoms with Crippen LogP contribution >= 0.6 is 35.0 Å². The molecule has 1 aliphatic carbocycles. The molecule has 1 fully saturated rings. The summed E-state index contributed by atoms with van der Waals surface area (Å²) >= 11 is 13.3. The molecule has 0 radical (unpaired) electrons. The van der Waals surface area contributed by atoms with Gasteiger partial charge in [0.2, 0.25) is 10.0 Å². The van der Waals surface area contributed by atoms with Gasteiger partial charge >= 0.3 is 5.97 Å². The van der Waals surface area contributed by atoms with Gasteiger partial charge in [0.1, 0.15) is 4.90 Å². The van der Waals surface area contributed by atoms with Crippen molar-refractivity contribution >= 4 is 51.0 Å². The molecule has 0 aromatic heterocycles. The molecule has 116 valence electrons. The van der Waals surface area contributed by atoms with Crippen LogP contribution in [0.3, 0.4) is 0 Å². The van der Waals surface area contributed by atoms with Gasteiger partial charge in [0, 0.05) is 16.3 Å². The Kier molecular flexibility index (Phi) is 4.80. The smallest absolute Gasteiger partial charge is 0.337 e. The first-order chi connectivity index (χ1) is 9.71. The van der Waals surface area contributed by atoms with E-state index in [4.69, 9.17) is 28.3 Å². The Hall–Kier alpha value is -0.470. The normalized spacial score (nSPS) is 16.7. The van der Waals surface area contributed by atoms with Crippen molar-refractivity contribution in [3.63, 3.8) is 0 Å². The molecule has 1 aliphatic rings. The number of halogens is 2. The molecule has 2 N–H and O–H groups in total. The van der Waals surface area contributed by atoms with Crippen LogP contribution in [-0.2, 0) is 10.0 Å². The monoisotopic (exact) mass is 369 g/mol. The minimum Gasteiger partial charge on any atom is -0.478 e. The highest BCUT2D eigenvalue weighted by Crippen LogP contribution is 2.46. The number of aromatic carboxylic acids is 1. The minimum absolute atomic E-state index is 0.00294. The lowest BCUT2D eigenvalue weighted by molar-refractivity contribution is 0.0697. The molecule has 5 nitrogen and oxygen atoms in total.